The Balaban J connectivity index is 2.97. The lowest BCUT2D eigenvalue weighted by molar-refractivity contribution is -0.00214. The molecular formula is C6H13ClO3. The second-order valence-corrected chi connectivity index (χ2v) is 2.25. The molecule has 0 rings (SSSR count). The molecule has 0 aliphatic rings. The Bertz CT molecular complexity index is 70.0. The SMILES string of the molecule is COCC(O)COCCCl. The summed E-state index contributed by atoms with van der Waals surface area (Å²) in [5.74, 6) is 0.458. The van der Waals surface area contributed by atoms with Gasteiger partial charge in [0.1, 0.15) is 6.10 Å². The van der Waals surface area contributed by atoms with E-state index >= 15 is 0 Å². The highest BCUT2D eigenvalue weighted by Crippen LogP contribution is 1.86. The van der Waals surface area contributed by atoms with Gasteiger partial charge in [0.2, 0.25) is 0 Å². The molecule has 0 spiro atoms. The van der Waals surface area contributed by atoms with Crippen LogP contribution in [0.1, 0.15) is 0 Å². The van der Waals surface area contributed by atoms with E-state index in [1.807, 2.05) is 0 Å². The van der Waals surface area contributed by atoms with Crippen LogP contribution in [0.25, 0.3) is 0 Å². The number of hydrogen-bond acceptors (Lipinski definition) is 3. The first-order valence-corrected chi connectivity index (χ1v) is 3.65. The summed E-state index contributed by atoms with van der Waals surface area (Å²) in [6.07, 6.45) is -0.534. The molecule has 3 nitrogen and oxygen atoms in total. The van der Waals surface area contributed by atoms with Gasteiger partial charge in [-0.05, 0) is 0 Å². The minimum absolute atomic E-state index is 0.292. The van der Waals surface area contributed by atoms with Gasteiger partial charge in [0.25, 0.3) is 0 Å². The Labute approximate surface area is 65.9 Å². The van der Waals surface area contributed by atoms with Crippen LogP contribution in [0.15, 0.2) is 0 Å². The van der Waals surface area contributed by atoms with E-state index in [4.69, 9.17) is 21.4 Å². The number of rotatable bonds is 6. The Hall–Kier alpha value is 0.170. The van der Waals surface area contributed by atoms with E-state index in [0.29, 0.717) is 25.7 Å². The van der Waals surface area contributed by atoms with Crippen LogP contribution in [-0.2, 0) is 9.47 Å². The van der Waals surface area contributed by atoms with Gasteiger partial charge in [0.05, 0.1) is 19.8 Å². The highest BCUT2D eigenvalue weighted by atomic mass is 35.5. The van der Waals surface area contributed by atoms with Crippen LogP contribution in [-0.4, -0.2) is 44.0 Å². The zero-order valence-electron chi connectivity index (χ0n) is 6.05. The number of aliphatic hydroxyl groups is 1. The fourth-order valence-electron chi connectivity index (χ4n) is 0.514. The molecule has 4 heteroatoms. The van der Waals surface area contributed by atoms with Crippen molar-refractivity contribution in [2.75, 3.05) is 32.8 Å². The molecule has 0 aliphatic carbocycles. The van der Waals surface area contributed by atoms with Crippen molar-refractivity contribution in [1.29, 1.82) is 0 Å². The smallest absolute Gasteiger partial charge is 0.101 e. The lowest BCUT2D eigenvalue weighted by Gasteiger charge is -2.08. The second kappa shape index (κ2) is 7.28. The maximum atomic E-state index is 8.98. The lowest BCUT2D eigenvalue weighted by atomic mass is 10.4. The van der Waals surface area contributed by atoms with E-state index in [0.717, 1.165) is 0 Å². The maximum Gasteiger partial charge on any atom is 0.101 e. The molecule has 1 atom stereocenters. The fourth-order valence-corrected chi connectivity index (χ4v) is 0.624. The van der Waals surface area contributed by atoms with Gasteiger partial charge in [0.15, 0.2) is 0 Å². The van der Waals surface area contributed by atoms with Crippen molar-refractivity contribution in [2.24, 2.45) is 0 Å². The topological polar surface area (TPSA) is 38.7 Å². The van der Waals surface area contributed by atoms with Crippen LogP contribution >= 0.6 is 11.6 Å². The number of ether oxygens (including phenoxy) is 2. The molecule has 0 saturated carbocycles. The molecular weight excluding hydrogens is 156 g/mol. The van der Waals surface area contributed by atoms with Crippen LogP contribution in [0.4, 0.5) is 0 Å². The third-order valence-electron chi connectivity index (χ3n) is 0.891. The minimum Gasteiger partial charge on any atom is -0.388 e. The predicted molar refractivity (Wildman–Crippen MR) is 39.4 cm³/mol. The van der Waals surface area contributed by atoms with Crippen molar-refractivity contribution in [1.82, 2.24) is 0 Å². The van der Waals surface area contributed by atoms with Crippen molar-refractivity contribution in [3.63, 3.8) is 0 Å². The number of alkyl halides is 1. The second-order valence-electron chi connectivity index (χ2n) is 1.87. The van der Waals surface area contributed by atoms with E-state index in [9.17, 15) is 0 Å². The molecule has 0 amide bonds. The van der Waals surface area contributed by atoms with Gasteiger partial charge in [-0.2, -0.15) is 0 Å². The Morgan fingerprint density at radius 1 is 1.50 bits per heavy atom. The first-order valence-electron chi connectivity index (χ1n) is 3.12. The Morgan fingerprint density at radius 3 is 2.70 bits per heavy atom. The summed E-state index contributed by atoms with van der Waals surface area (Å²) in [6.45, 7) is 1.07. The van der Waals surface area contributed by atoms with Crippen molar-refractivity contribution < 1.29 is 14.6 Å². The molecule has 0 heterocycles. The largest absolute Gasteiger partial charge is 0.388 e. The number of halogens is 1. The monoisotopic (exact) mass is 168 g/mol. The molecule has 0 saturated heterocycles. The van der Waals surface area contributed by atoms with Crippen LogP contribution in [0, 0.1) is 0 Å². The summed E-state index contributed by atoms with van der Waals surface area (Å²) in [4.78, 5) is 0. The van der Waals surface area contributed by atoms with Gasteiger partial charge < -0.3 is 14.6 Å². The first-order chi connectivity index (χ1) is 4.81. The zero-order valence-corrected chi connectivity index (χ0v) is 6.80. The Kier molecular flexibility index (Phi) is 7.40. The van der Waals surface area contributed by atoms with E-state index in [1.165, 1.54) is 7.11 Å². The summed E-state index contributed by atoms with van der Waals surface area (Å²) in [5, 5.41) is 8.98. The summed E-state index contributed by atoms with van der Waals surface area (Å²) in [7, 11) is 1.53. The van der Waals surface area contributed by atoms with Crippen molar-refractivity contribution in [3.05, 3.63) is 0 Å². The molecule has 10 heavy (non-hydrogen) atoms. The average molecular weight is 169 g/mol. The number of methoxy groups -OCH3 is 1. The van der Waals surface area contributed by atoms with Gasteiger partial charge >= 0.3 is 0 Å². The molecule has 1 N–H and O–H groups in total. The summed E-state index contributed by atoms with van der Waals surface area (Å²) >= 11 is 5.32. The normalized spacial score (nSPS) is 13.5. The zero-order chi connectivity index (χ0) is 7.82. The van der Waals surface area contributed by atoms with Gasteiger partial charge in [-0.3, -0.25) is 0 Å². The summed E-state index contributed by atoms with van der Waals surface area (Å²) < 4.78 is 9.61. The van der Waals surface area contributed by atoms with Gasteiger partial charge in [-0.1, -0.05) is 0 Å². The molecule has 0 aromatic rings. The van der Waals surface area contributed by atoms with Crippen LogP contribution < -0.4 is 0 Å². The third kappa shape index (κ3) is 6.29. The van der Waals surface area contributed by atoms with Crippen molar-refractivity contribution in [2.45, 2.75) is 6.10 Å². The minimum atomic E-state index is -0.534. The highest BCUT2D eigenvalue weighted by Gasteiger charge is 2.01. The van der Waals surface area contributed by atoms with Crippen LogP contribution in [0.2, 0.25) is 0 Å². The van der Waals surface area contributed by atoms with Gasteiger partial charge in [-0.25, -0.2) is 0 Å². The fraction of sp³-hybridized carbons (Fsp3) is 1.00. The lowest BCUT2D eigenvalue weighted by Crippen LogP contribution is -2.21. The molecule has 1 unspecified atom stereocenters. The van der Waals surface area contributed by atoms with Crippen molar-refractivity contribution in [3.8, 4) is 0 Å². The number of aliphatic hydroxyl groups excluding tert-OH is 1. The maximum absolute atomic E-state index is 8.98. The third-order valence-corrected chi connectivity index (χ3v) is 1.05. The number of hydrogen-bond donors (Lipinski definition) is 1. The Morgan fingerprint density at radius 2 is 2.20 bits per heavy atom. The van der Waals surface area contributed by atoms with E-state index in [2.05, 4.69) is 4.74 Å². The molecule has 0 fully saturated rings. The van der Waals surface area contributed by atoms with E-state index in [1.54, 1.807) is 0 Å². The standard InChI is InChI=1S/C6H13ClO3/c1-9-4-6(8)5-10-3-2-7/h6,8H,2-5H2,1H3. The molecule has 62 valence electrons. The van der Waals surface area contributed by atoms with E-state index in [-0.39, 0.29) is 0 Å². The van der Waals surface area contributed by atoms with Crippen LogP contribution in [0.3, 0.4) is 0 Å². The molecule has 0 aromatic heterocycles. The van der Waals surface area contributed by atoms with Crippen molar-refractivity contribution >= 4 is 11.6 Å². The summed E-state index contributed by atoms with van der Waals surface area (Å²) in [5.41, 5.74) is 0. The van der Waals surface area contributed by atoms with E-state index < -0.39 is 6.10 Å². The molecule has 0 aliphatic heterocycles. The molecule has 0 radical (unpaired) electrons. The quantitative estimate of drug-likeness (QED) is 0.457. The van der Waals surface area contributed by atoms with Gasteiger partial charge in [0, 0.05) is 13.0 Å². The average Bonchev–Trinajstić information content (AvgIpc) is 1.89. The molecule has 0 bridgehead atoms. The predicted octanol–water partition coefficient (Wildman–Crippen LogP) is 0.249. The molecule has 0 aromatic carbocycles. The van der Waals surface area contributed by atoms with Gasteiger partial charge in [-0.15, -0.1) is 11.6 Å². The summed E-state index contributed by atoms with van der Waals surface area (Å²) in [6, 6.07) is 0. The highest BCUT2D eigenvalue weighted by molar-refractivity contribution is 6.17. The van der Waals surface area contributed by atoms with Crippen LogP contribution in [0.5, 0.6) is 0 Å². The first kappa shape index (κ1) is 10.2.